The van der Waals surface area contributed by atoms with Gasteiger partial charge in [-0.05, 0) is 43.5 Å². The third-order valence-electron chi connectivity index (χ3n) is 3.78. The lowest BCUT2D eigenvalue weighted by Gasteiger charge is -2.23. The minimum absolute atomic E-state index is 0.0900. The van der Waals surface area contributed by atoms with E-state index in [1.807, 2.05) is 13.8 Å². The monoisotopic (exact) mass is 284 g/mol. The molecule has 1 aromatic rings. The predicted molar refractivity (Wildman–Crippen MR) is 74.5 cm³/mol. The van der Waals surface area contributed by atoms with Crippen molar-refractivity contribution < 1.29 is 13.2 Å². The second-order valence-corrected chi connectivity index (χ2v) is 6.99. The summed E-state index contributed by atoms with van der Waals surface area (Å²) in [4.78, 5) is 0.252. The lowest BCUT2D eigenvalue weighted by atomic mass is 10.1. The third-order valence-corrected chi connectivity index (χ3v) is 5.67. The molecule has 6 heteroatoms. The van der Waals surface area contributed by atoms with Gasteiger partial charge < -0.3 is 10.5 Å². The van der Waals surface area contributed by atoms with Crippen molar-refractivity contribution in [3.05, 3.63) is 23.3 Å². The fourth-order valence-corrected chi connectivity index (χ4v) is 3.67. The summed E-state index contributed by atoms with van der Waals surface area (Å²) in [5.74, 6) is 0. The van der Waals surface area contributed by atoms with Crippen LogP contribution in [0.1, 0.15) is 17.5 Å². The molecule has 1 aliphatic heterocycles. The summed E-state index contributed by atoms with van der Waals surface area (Å²) < 4.78 is 31.7. The van der Waals surface area contributed by atoms with Gasteiger partial charge in [-0.25, -0.2) is 8.42 Å². The first-order valence-corrected chi connectivity index (χ1v) is 7.70. The first-order valence-electron chi connectivity index (χ1n) is 6.26. The van der Waals surface area contributed by atoms with E-state index in [0.717, 1.165) is 17.5 Å². The zero-order chi connectivity index (χ0) is 14.2. The van der Waals surface area contributed by atoms with Crippen LogP contribution in [-0.2, 0) is 14.8 Å². The van der Waals surface area contributed by atoms with Gasteiger partial charge in [0.15, 0.2) is 0 Å². The second kappa shape index (κ2) is 5.11. The van der Waals surface area contributed by atoms with Crippen molar-refractivity contribution >= 4 is 15.7 Å². The zero-order valence-electron chi connectivity index (χ0n) is 11.5. The molecule has 1 atom stereocenters. The number of hydrogen-bond donors (Lipinski definition) is 1. The van der Waals surface area contributed by atoms with Crippen molar-refractivity contribution in [2.45, 2.75) is 31.2 Å². The van der Waals surface area contributed by atoms with E-state index in [0.29, 0.717) is 18.9 Å². The molecule has 5 nitrogen and oxygen atoms in total. The highest BCUT2D eigenvalue weighted by molar-refractivity contribution is 7.89. The van der Waals surface area contributed by atoms with E-state index in [9.17, 15) is 8.42 Å². The molecule has 2 N–H and O–H groups in total. The minimum atomic E-state index is -3.51. The summed E-state index contributed by atoms with van der Waals surface area (Å²) in [6, 6.07) is 3.12. The van der Waals surface area contributed by atoms with Crippen LogP contribution in [0.5, 0.6) is 0 Å². The van der Waals surface area contributed by atoms with Crippen LogP contribution in [0.25, 0.3) is 0 Å². The molecule has 1 unspecified atom stereocenters. The van der Waals surface area contributed by atoms with Crippen LogP contribution in [0.15, 0.2) is 17.0 Å². The maximum atomic E-state index is 12.5. The molecule has 0 aromatic heterocycles. The fourth-order valence-electron chi connectivity index (χ4n) is 2.17. The number of likely N-dealkylation sites (N-methyl/N-ethyl adjacent to an activating group) is 1. The molecule has 19 heavy (non-hydrogen) atoms. The quantitative estimate of drug-likeness (QED) is 0.849. The summed E-state index contributed by atoms with van der Waals surface area (Å²) in [6.07, 6.45) is 0.732. The topological polar surface area (TPSA) is 72.6 Å². The number of anilines is 1. The Labute approximate surface area is 114 Å². The highest BCUT2D eigenvalue weighted by atomic mass is 32.2. The predicted octanol–water partition coefficient (Wildman–Crippen LogP) is 1.30. The number of hydrogen-bond acceptors (Lipinski definition) is 4. The molecule has 1 saturated heterocycles. The Bertz CT molecular complexity index is 555. The van der Waals surface area contributed by atoms with E-state index in [1.54, 1.807) is 13.1 Å². The number of nitrogens with two attached hydrogens (primary N) is 1. The molecular formula is C13H20N2O3S. The van der Waals surface area contributed by atoms with Crippen LogP contribution in [0.4, 0.5) is 5.69 Å². The molecule has 1 aliphatic rings. The lowest BCUT2D eigenvalue weighted by molar-refractivity contribution is 0.181. The van der Waals surface area contributed by atoms with Gasteiger partial charge in [-0.1, -0.05) is 0 Å². The van der Waals surface area contributed by atoms with Gasteiger partial charge in [-0.3, -0.25) is 0 Å². The third kappa shape index (κ3) is 2.61. The standard InChI is InChI=1S/C13H20N2O3S/c1-9-6-12(7-13(14)10(9)2)19(16,17)15(3)11-4-5-18-8-11/h6-7,11H,4-5,8,14H2,1-3H3. The van der Waals surface area contributed by atoms with Gasteiger partial charge in [0.1, 0.15) is 0 Å². The van der Waals surface area contributed by atoms with Crippen LogP contribution in [0, 0.1) is 13.8 Å². The maximum Gasteiger partial charge on any atom is 0.243 e. The minimum Gasteiger partial charge on any atom is -0.398 e. The number of sulfonamides is 1. The van der Waals surface area contributed by atoms with Crippen molar-refractivity contribution in [3.8, 4) is 0 Å². The van der Waals surface area contributed by atoms with E-state index >= 15 is 0 Å². The SMILES string of the molecule is Cc1cc(S(=O)(=O)N(C)C2CCOC2)cc(N)c1C. The second-order valence-electron chi connectivity index (χ2n) is 4.99. The first kappa shape index (κ1) is 14.3. The molecule has 2 rings (SSSR count). The number of nitrogen functional groups attached to an aromatic ring is 1. The van der Waals surface area contributed by atoms with E-state index in [2.05, 4.69) is 0 Å². The average Bonchev–Trinajstić information content (AvgIpc) is 2.87. The molecule has 0 amide bonds. The molecule has 0 radical (unpaired) electrons. The largest absolute Gasteiger partial charge is 0.398 e. The molecule has 1 aromatic carbocycles. The van der Waals surface area contributed by atoms with Crippen molar-refractivity contribution in [3.63, 3.8) is 0 Å². The van der Waals surface area contributed by atoms with E-state index in [4.69, 9.17) is 10.5 Å². The number of ether oxygens (including phenoxy) is 1. The van der Waals surface area contributed by atoms with Gasteiger partial charge in [0.25, 0.3) is 0 Å². The molecule has 1 heterocycles. The summed E-state index contributed by atoms with van der Waals surface area (Å²) in [6.45, 7) is 4.81. The Morgan fingerprint density at radius 1 is 1.37 bits per heavy atom. The Morgan fingerprint density at radius 2 is 2.05 bits per heavy atom. The Morgan fingerprint density at radius 3 is 2.58 bits per heavy atom. The number of aryl methyl sites for hydroxylation is 1. The van der Waals surface area contributed by atoms with Gasteiger partial charge in [0, 0.05) is 19.3 Å². The van der Waals surface area contributed by atoms with Crippen LogP contribution >= 0.6 is 0 Å². The lowest BCUT2D eigenvalue weighted by Crippen LogP contribution is -2.37. The summed E-state index contributed by atoms with van der Waals surface area (Å²) in [5, 5.41) is 0. The molecule has 0 spiro atoms. The van der Waals surface area contributed by atoms with Gasteiger partial charge in [0.2, 0.25) is 10.0 Å². The summed E-state index contributed by atoms with van der Waals surface area (Å²) >= 11 is 0. The molecular weight excluding hydrogens is 264 g/mol. The van der Waals surface area contributed by atoms with Crippen molar-refractivity contribution in [1.82, 2.24) is 4.31 Å². The van der Waals surface area contributed by atoms with Gasteiger partial charge in [0.05, 0.1) is 17.5 Å². The van der Waals surface area contributed by atoms with Crippen molar-refractivity contribution in [2.75, 3.05) is 26.0 Å². The molecule has 0 saturated carbocycles. The van der Waals surface area contributed by atoms with Crippen molar-refractivity contribution in [2.24, 2.45) is 0 Å². The summed E-state index contributed by atoms with van der Waals surface area (Å²) in [7, 11) is -1.91. The molecule has 1 fully saturated rings. The maximum absolute atomic E-state index is 12.5. The van der Waals surface area contributed by atoms with Crippen LogP contribution in [0.3, 0.4) is 0 Å². The Balaban J connectivity index is 2.39. The summed E-state index contributed by atoms with van der Waals surface area (Å²) in [5.41, 5.74) is 8.18. The smallest absolute Gasteiger partial charge is 0.243 e. The average molecular weight is 284 g/mol. The fraction of sp³-hybridized carbons (Fsp3) is 0.538. The van der Waals surface area contributed by atoms with Crippen LogP contribution in [-0.4, -0.2) is 39.0 Å². The molecule has 0 aliphatic carbocycles. The van der Waals surface area contributed by atoms with Crippen LogP contribution in [0.2, 0.25) is 0 Å². The first-order chi connectivity index (χ1) is 8.84. The zero-order valence-corrected chi connectivity index (χ0v) is 12.3. The Hall–Kier alpha value is -1.11. The van der Waals surface area contributed by atoms with E-state index < -0.39 is 10.0 Å². The van der Waals surface area contributed by atoms with Crippen LogP contribution < -0.4 is 5.73 Å². The number of benzene rings is 1. The molecule has 106 valence electrons. The van der Waals surface area contributed by atoms with E-state index in [1.165, 1.54) is 10.4 Å². The number of rotatable bonds is 3. The van der Waals surface area contributed by atoms with Gasteiger partial charge in [-0.15, -0.1) is 0 Å². The number of nitrogens with zero attached hydrogens (tertiary/aromatic N) is 1. The Kier molecular flexibility index (Phi) is 3.85. The van der Waals surface area contributed by atoms with E-state index in [-0.39, 0.29) is 10.9 Å². The van der Waals surface area contributed by atoms with Gasteiger partial charge >= 0.3 is 0 Å². The molecule has 0 bridgehead atoms. The highest BCUT2D eigenvalue weighted by Gasteiger charge is 2.31. The van der Waals surface area contributed by atoms with Crippen molar-refractivity contribution in [1.29, 1.82) is 0 Å². The normalized spacial score (nSPS) is 20.1. The van der Waals surface area contributed by atoms with Gasteiger partial charge in [-0.2, -0.15) is 4.31 Å². The highest BCUT2D eigenvalue weighted by Crippen LogP contribution is 2.26.